The van der Waals surface area contributed by atoms with Gasteiger partial charge in [0.1, 0.15) is 0 Å². The number of ether oxygens (including phenoxy) is 4. The lowest BCUT2D eigenvalue weighted by Crippen LogP contribution is -2.48. The van der Waals surface area contributed by atoms with E-state index in [-0.39, 0.29) is 6.42 Å². The molecule has 0 spiro atoms. The van der Waals surface area contributed by atoms with Gasteiger partial charge in [0.15, 0.2) is 0 Å². The summed E-state index contributed by atoms with van der Waals surface area (Å²) in [5, 5.41) is 18.2. The summed E-state index contributed by atoms with van der Waals surface area (Å²) in [4.78, 5) is 22.5. The minimum atomic E-state index is -5.06. The summed E-state index contributed by atoms with van der Waals surface area (Å²) in [6.07, 6.45) is 20.7. The van der Waals surface area contributed by atoms with E-state index in [1.807, 2.05) is 0 Å². The number of carboxylic acids is 2. The molecule has 0 radical (unpaired) electrons. The average molecular weight is 683 g/mol. The van der Waals surface area contributed by atoms with E-state index in [9.17, 15) is 27.7 Å². The molecule has 0 aromatic rings. The van der Waals surface area contributed by atoms with Crippen LogP contribution in [-0.4, -0.2) is 92.7 Å². The van der Waals surface area contributed by atoms with Gasteiger partial charge in [0.25, 0.3) is 10.1 Å². The van der Waals surface area contributed by atoms with Crippen molar-refractivity contribution in [1.82, 2.24) is 0 Å². The van der Waals surface area contributed by atoms with Crippen molar-refractivity contribution in [1.29, 1.82) is 0 Å². The second-order valence-electron chi connectivity index (χ2n) is 12.3. The molecule has 0 bridgehead atoms. The molecule has 274 valence electrons. The molecule has 0 rings (SSSR count). The summed E-state index contributed by atoms with van der Waals surface area (Å²) in [6, 6.07) is 0. The van der Waals surface area contributed by atoms with Crippen LogP contribution in [0.2, 0.25) is 0 Å². The molecule has 0 aliphatic rings. The number of rotatable bonds is 37. The van der Waals surface area contributed by atoms with Gasteiger partial charge in [0.2, 0.25) is 4.75 Å². The van der Waals surface area contributed by atoms with Crippen molar-refractivity contribution in [2.75, 3.05) is 52.9 Å². The third-order valence-corrected chi connectivity index (χ3v) is 9.71. The molecule has 0 fully saturated rings. The summed E-state index contributed by atoms with van der Waals surface area (Å²) < 4.78 is 52.3. The van der Waals surface area contributed by atoms with Crippen LogP contribution in [0.25, 0.3) is 0 Å². The second kappa shape index (κ2) is 31.0. The topological polar surface area (TPSA) is 166 Å². The lowest BCUT2D eigenvalue weighted by molar-refractivity contribution is -0.147. The monoisotopic (exact) mass is 682 g/mol. The zero-order chi connectivity index (χ0) is 34.2. The van der Waals surface area contributed by atoms with Gasteiger partial charge in [-0.05, 0) is 19.3 Å². The highest BCUT2D eigenvalue weighted by Gasteiger charge is 2.51. The minimum Gasteiger partial charge on any atom is -0.481 e. The highest BCUT2D eigenvalue weighted by atomic mass is 32.2. The van der Waals surface area contributed by atoms with Crippen molar-refractivity contribution in [3.05, 3.63) is 0 Å². The van der Waals surface area contributed by atoms with Crippen molar-refractivity contribution in [3.63, 3.8) is 0 Å². The predicted octanol–water partition coefficient (Wildman–Crippen LogP) is 7.45. The maximum absolute atomic E-state index is 11.6. The van der Waals surface area contributed by atoms with E-state index in [2.05, 4.69) is 6.92 Å². The molecule has 0 amide bonds. The van der Waals surface area contributed by atoms with Crippen molar-refractivity contribution >= 4 is 22.1 Å². The molecular weight excluding hydrogens is 616 g/mol. The Morgan fingerprint density at radius 3 is 1.11 bits per heavy atom. The van der Waals surface area contributed by atoms with Crippen LogP contribution in [0.1, 0.15) is 148 Å². The third kappa shape index (κ3) is 25.7. The quantitative estimate of drug-likeness (QED) is 0.0440. The van der Waals surface area contributed by atoms with E-state index in [0.29, 0.717) is 46.1 Å². The molecule has 1 atom stereocenters. The van der Waals surface area contributed by atoms with Gasteiger partial charge >= 0.3 is 11.9 Å². The Kier molecular flexibility index (Phi) is 30.1. The first kappa shape index (κ1) is 44.7. The zero-order valence-corrected chi connectivity index (χ0v) is 29.5. The molecule has 0 heterocycles. The van der Waals surface area contributed by atoms with E-state index in [1.54, 1.807) is 0 Å². The minimum absolute atomic E-state index is 0.215. The molecule has 0 saturated heterocycles. The smallest absolute Gasteiger partial charge is 0.328 e. The van der Waals surface area contributed by atoms with E-state index >= 15 is 0 Å². The van der Waals surface area contributed by atoms with Crippen LogP contribution in [0.5, 0.6) is 0 Å². The van der Waals surface area contributed by atoms with Crippen LogP contribution in [0.15, 0.2) is 0 Å². The van der Waals surface area contributed by atoms with Crippen LogP contribution in [0.4, 0.5) is 0 Å². The largest absolute Gasteiger partial charge is 0.481 e. The lowest BCUT2D eigenvalue weighted by atomic mass is 9.96. The van der Waals surface area contributed by atoms with Gasteiger partial charge in [-0.3, -0.25) is 14.1 Å². The summed E-state index contributed by atoms with van der Waals surface area (Å²) >= 11 is 0. The summed E-state index contributed by atoms with van der Waals surface area (Å²) in [7, 11) is -5.06. The molecule has 0 aliphatic carbocycles. The van der Waals surface area contributed by atoms with Crippen LogP contribution in [0, 0.1) is 0 Å². The Bertz CT molecular complexity index is 822. The van der Waals surface area contributed by atoms with Crippen LogP contribution in [-0.2, 0) is 38.7 Å². The molecule has 0 aromatic carbocycles. The number of carbonyl (C=O) groups is 2. The molecule has 1 unspecified atom stereocenters. The molecule has 0 aliphatic heterocycles. The highest BCUT2D eigenvalue weighted by molar-refractivity contribution is 7.88. The molecule has 0 saturated carbocycles. The van der Waals surface area contributed by atoms with E-state index in [1.165, 1.54) is 57.8 Å². The Hall–Kier alpha value is -1.31. The Labute approximate surface area is 279 Å². The molecule has 46 heavy (non-hydrogen) atoms. The fraction of sp³-hybridized carbons (Fsp3) is 0.941. The standard InChI is InChI=1S/C34H66O11S/c1-2-3-4-5-6-7-11-14-17-20-23-42-25-27-44-29-30-45-28-26-43-24-21-18-15-12-9-8-10-13-16-19-22-34(33(37)38,31-32(35)36)46(39,40)41/h2-31H2,1H3,(H,35,36)(H,37,38)(H,39,40,41). The molecule has 3 N–H and O–H groups in total. The Morgan fingerprint density at radius 2 is 0.804 bits per heavy atom. The fourth-order valence-electron chi connectivity index (χ4n) is 5.33. The van der Waals surface area contributed by atoms with Crippen LogP contribution in [0.3, 0.4) is 0 Å². The molecule has 11 nitrogen and oxygen atoms in total. The zero-order valence-electron chi connectivity index (χ0n) is 28.7. The van der Waals surface area contributed by atoms with Crippen molar-refractivity contribution < 1.29 is 51.7 Å². The number of hydrogen-bond donors (Lipinski definition) is 3. The van der Waals surface area contributed by atoms with E-state index in [0.717, 1.165) is 71.0 Å². The SMILES string of the molecule is CCCCCCCCCCCCOCCOCCOCCOCCCCCCCCCCCCC(CC(=O)O)(C(=O)O)S(=O)(=O)O. The lowest BCUT2D eigenvalue weighted by Gasteiger charge is -2.24. The second-order valence-corrected chi connectivity index (χ2v) is 14.0. The Morgan fingerprint density at radius 1 is 0.500 bits per heavy atom. The molecular formula is C34H66O11S. The maximum atomic E-state index is 11.6. The average Bonchev–Trinajstić information content (AvgIpc) is 3.00. The maximum Gasteiger partial charge on any atom is 0.328 e. The summed E-state index contributed by atoms with van der Waals surface area (Å²) in [6.45, 7) is 7.29. The molecule has 0 aromatic heterocycles. The normalized spacial score (nSPS) is 13.2. The highest BCUT2D eigenvalue weighted by Crippen LogP contribution is 2.29. The first-order valence-electron chi connectivity index (χ1n) is 17.9. The molecule has 12 heteroatoms. The number of unbranched alkanes of at least 4 members (excludes halogenated alkanes) is 18. The summed E-state index contributed by atoms with van der Waals surface area (Å²) in [5.74, 6) is -3.41. The fourth-order valence-corrected chi connectivity index (χ4v) is 6.26. The Balaban J connectivity index is 3.37. The number of carboxylic acid groups (broad SMARTS) is 2. The van der Waals surface area contributed by atoms with Crippen molar-refractivity contribution in [2.45, 2.75) is 153 Å². The van der Waals surface area contributed by atoms with E-state index in [4.69, 9.17) is 24.1 Å². The van der Waals surface area contributed by atoms with Crippen molar-refractivity contribution in [2.24, 2.45) is 0 Å². The van der Waals surface area contributed by atoms with Gasteiger partial charge < -0.3 is 29.2 Å². The van der Waals surface area contributed by atoms with Gasteiger partial charge in [0, 0.05) is 13.2 Å². The number of aliphatic carboxylic acids is 2. The summed E-state index contributed by atoms with van der Waals surface area (Å²) in [5.41, 5.74) is 0. The van der Waals surface area contributed by atoms with Gasteiger partial charge in [-0.15, -0.1) is 0 Å². The van der Waals surface area contributed by atoms with E-state index < -0.39 is 39.6 Å². The van der Waals surface area contributed by atoms with Gasteiger partial charge in [0.05, 0.1) is 46.1 Å². The first-order valence-corrected chi connectivity index (χ1v) is 19.3. The van der Waals surface area contributed by atoms with Crippen LogP contribution >= 0.6 is 0 Å². The van der Waals surface area contributed by atoms with Crippen molar-refractivity contribution in [3.8, 4) is 0 Å². The predicted molar refractivity (Wildman–Crippen MR) is 180 cm³/mol. The first-order chi connectivity index (χ1) is 22.2. The van der Waals surface area contributed by atoms with Gasteiger partial charge in [-0.2, -0.15) is 8.42 Å². The van der Waals surface area contributed by atoms with Crippen LogP contribution < -0.4 is 0 Å². The number of hydrogen-bond acceptors (Lipinski definition) is 8. The van der Waals surface area contributed by atoms with Gasteiger partial charge in [-0.25, -0.2) is 0 Å². The van der Waals surface area contributed by atoms with Gasteiger partial charge in [-0.1, -0.05) is 122 Å². The third-order valence-electron chi connectivity index (χ3n) is 8.20.